The van der Waals surface area contributed by atoms with Crippen molar-refractivity contribution in [2.45, 2.75) is 25.6 Å². The van der Waals surface area contributed by atoms with Crippen LogP contribution in [0.15, 0.2) is 30.3 Å². The zero-order chi connectivity index (χ0) is 13.6. The number of rotatable bonds is 9. The third-order valence-electron chi connectivity index (χ3n) is 3.59. The monoisotopic (exact) mass is 265 g/mol. The highest BCUT2D eigenvalue weighted by molar-refractivity contribution is 5.13. The van der Waals surface area contributed by atoms with Crippen molar-refractivity contribution < 1.29 is 14.9 Å². The van der Waals surface area contributed by atoms with Crippen LogP contribution in [-0.4, -0.2) is 42.6 Å². The van der Waals surface area contributed by atoms with Crippen LogP contribution >= 0.6 is 0 Å². The molecule has 19 heavy (non-hydrogen) atoms. The van der Waals surface area contributed by atoms with E-state index in [1.54, 1.807) is 0 Å². The largest absolute Gasteiger partial charge is 0.396 e. The molecule has 3 N–H and O–H groups in total. The molecule has 0 aromatic heterocycles. The Morgan fingerprint density at radius 2 is 2.00 bits per heavy atom. The third-order valence-corrected chi connectivity index (χ3v) is 3.59. The lowest BCUT2D eigenvalue weighted by molar-refractivity contribution is 0.0279. The number of aliphatic hydroxyl groups excluding tert-OH is 2. The Labute approximate surface area is 114 Å². The molecule has 0 bridgehead atoms. The summed E-state index contributed by atoms with van der Waals surface area (Å²) in [6.07, 6.45) is 1.66. The van der Waals surface area contributed by atoms with Gasteiger partial charge >= 0.3 is 0 Å². The Morgan fingerprint density at radius 3 is 2.63 bits per heavy atom. The molecule has 1 aliphatic rings. The molecule has 4 heteroatoms. The van der Waals surface area contributed by atoms with Gasteiger partial charge in [-0.2, -0.15) is 0 Å². The van der Waals surface area contributed by atoms with Crippen LogP contribution < -0.4 is 5.32 Å². The first-order valence-corrected chi connectivity index (χ1v) is 6.85. The van der Waals surface area contributed by atoms with Crippen molar-refractivity contribution in [1.82, 2.24) is 5.32 Å². The first-order chi connectivity index (χ1) is 9.24. The van der Waals surface area contributed by atoms with E-state index in [-0.39, 0.29) is 12.0 Å². The van der Waals surface area contributed by atoms with Gasteiger partial charge in [-0.25, -0.2) is 0 Å². The van der Waals surface area contributed by atoms with Crippen molar-refractivity contribution in [2.75, 3.05) is 26.3 Å². The van der Waals surface area contributed by atoms with Gasteiger partial charge in [0.1, 0.15) is 0 Å². The highest BCUT2D eigenvalue weighted by Crippen LogP contribution is 2.44. The van der Waals surface area contributed by atoms with E-state index in [4.69, 9.17) is 9.84 Å². The summed E-state index contributed by atoms with van der Waals surface area (Å²) in [6.45, 7) is 2.38. The molecule has 1 saturated carbocycles. The number of ether oxygens (including phenoxy) is 1. The number of nitrogens with one attached hydrogen (secondary N) is 1. The Bertz CT molecular complexity index is 365. The third kappa shape index (κ3) is 4.91. The summed E-state index contributed by atoms with van der Waals surface area (Å²) in [7, 11) is 0. The summed E-state index contributed by atoms with van der Waals surface area (Å²) in [6, 6.07) is 9.92. The fraction of sp³-hybridized carbons (Fsp3) is 0.600. The topological polar surface area (TPSA) is 61.7 Å². The summed E-state index contributed by atoms with van der Waals surface area (Å²) in [5.41, 5.74) is 1.20. The molecule has 106 valence electrons. The van der Waals surface area contributed by atoms with Gasteiger partial charge in [0.15, 0.2) is 0 Å². The van der Waals surface area contributed by atoms with E-state index in [0.717, 1.165) is 24.9 Å². The minimum atomic E-state index is -0.502. The Hall–Kier alpha value is -0.940. The average molecular weight is 265 g/mol. The molecule has 0 saturated heterocycles. The van der Waals surface area contributed by atoms with Gasteiger partial charge in [0, 0.05) is 25.1 Å². The Morgan fingerprint density at radius 1 is 1.26 bits per heavy atom. The summed E-state index contributed by atoms with van der Waals surface area (Å²) < 4.78 is 5.47. The van der Waals surface area contributed by atoms with Crippen LogP contribution in [0, 0.1) is 5.41 Å². The van der Waals surface area contributed by atoms with Gasteiger partial charge in [-0.1, -0.05) is 30.3 Å². The van der Waals surface area contributed by atoms with Crippen molar-refractivity contribution in [2.24, 2.45) is 5.41 Å². The number of aliphatic hydroxyl groups is 2. The number of hydrogen-bond acceptors (Lipinski definition) is 4. The van der Waals surface area contributed by atoms with Crippen LogP contribution in [0.3, 0.4) is 0 Å². The SMILES string of the molecule is OCC1(CNCC(O)COCc2ccccc2)CC1. The second-order valence-corrected chi connectivity index (χ2v) is 5.44. The second-order valence-electron chi connectivity index (χ2n) is 5.44. The first-order valence-electron chi connectivity index (χ1n) is 6.85. The van der Waals surface area contributed by atoms with E-state index in [0.29, 0.717) is 19.8 Å². The Balaban J connectivity index is 1.53. The molecule has 0 spiro atoms. The first kappa shape index (κ1) is 14.5. The molecule has 0 radical (unpaired) electrons. The maximum atomic E-state index is 9.77. The summed E-state index contributed by atoms with van der Waals surface area (Å²) in [5, 5.41) is 22.1. The fourth-order valence-electron chi connectivity index (χ4n) is 2.02. The smallest absolute Gasteiger partial charge is 0.0897 e. The molecule has 0 heterocycles. The van der Waals surface area contributed by atoms with Gasteiger partial charge in [-0.05, 0) is 18.4 Å². The van der Waals surface area contributed by atoms with Gasteiger partial charge in [0.05, 0.1) is 19.3 Å². The molecule has 1 aliphatic carbocycles. The van der Waals surface area contributed by atoms with E-state index < -0.39 is 6.10 Å². The minimum absolute atomic E-state index is 0.0879. The van der Waals surface area contributed by atoms with Crippen LogP contribution in [0.4, 0.5) is 0 Å². The van der Waals surface area contributed by atoms with Crippen molar-refractivity contribution in [3.05, 3.63) is 35.9 Å². The molecule has 1 aromatic carbocycles. The molecule has 0 amide bonds. The lowest BCUT2D eigenvalue weighted by Crippen LogP contribution is -2.35. The maximum absolute atomic E-state index is 9.77. The molecule has 1 fully saturated rings. The lowest BCUT2D eigenvalue weighted by atomic mass is 10.1. The zero-order valence-electron chi connectivity index (χ0n) is 11.2. The van der Waals surface area contributed by atoms with Crippen LogP contribution in [0.5, 0.6) is 0 Å². The van der Waals surface area contributed by atoms with Crippen LogP contribution in [-0.2, 0) is 11.3 Å². The molecular formula is C15H23NO3. The van der Waals surface area contributed by atoms with E-state index >= 15 is 0 Å². The van der Waals surface area contributed by atoms with E-state index in [1.165, 1.54) is 0 Å². The van der Waals surface area contributed by atoms with E-state index in [9.17, 15) is 5.11 Å². The number of benzene rings is 1. The molecule has 1 atom stereocenters. The predicted molar refractivity (Wildman–Crippen MR) is 73.7 cm³/mol. The quantitative estimate of drug-likeness (QED) is 0.621. The van der Waals surface area contributed by atoms with E-state index in [2.05, 4.69) is 5.32 Å². The Kier molecular flexibility index (Phi) is 5.34. The molecule has 4 nitrogen and oxygen atoms in total. The standard InChI is InChI=1S/C15H23NO3/c17-12-15(6-7-15)11-16-8-14(18)10-19-9-13-4-2-1-3-5-13/h1-5,14,16-18H,6-12H2. The van der Waals surface area contributed by atoms with Crippen LogP contribution in [0.1, 0.15) is 18.4 Å². The van der Waals surface area contributed by atoms with Gasteiger partial charge < -0.3 is 20.3 Å². The minimum Gasteiger partial charge on any atom is -0.396 e. The predicted octanol–water partition coefficient (Wildman–Crippen LogP) is 0.926. The highest BCUT2D eigenvalue weighted by Gasteiger charge is 2.41. The molecule has 1 aromatic rings. The normalized spacial score (nSPS) is 18.2. The average Bonchev–Trinajstić information content (AvgIpc) is 3.21. The van der Waals surface area contributed by atoms with Crippen LogP contribution in [0.25, 0.3) is 0 Å². The van der Waals surface area contributed by atoms with Crippen LogP contribution in [0.2, 0.25) is 0 Å². The summed E-state index contributed by atoms with van der Waals surface area (Å²) in [4.78, 5) is 0. The summed E-state index contributed by atoms with van der Waals surface area (Å²) in [5.74, 6) is 0. The summed E-state index contributed by atoms with van der Waals surface area (Å²) >= 11 is 0. The second kappa shape index (κ2) is 7.01. The van der Waals surface area contributed by atoms with Crippen molar-refractivity contribution in [3.63, 3.8) is 0 Å². The zero-order valence-corrected chi connectivity index (χ0v) is 11.2. The van der Waals surface area contributed by atoms with E-state index in [1.807, 2.05) is 30.3 Å². The van der Waals surface area contributed by atoms with Crippen molar-refractivity contribution >= 4 is 0 Å². The highest BCUT2D eigenvalue weighted by atomic mass is 16.5. The lowest BCUT2D eigenvalue weighted by Gasteiger charge is -2.16. The molecule has 2 rings (SSSR count). The molecular weight excluding hydrogens is 242 g/mol. The van der Waals surface area contributed by atoms with Crippen molar-refractivity contribution in [3.8, 4) is 0 Å². The fourth-order valence-corrected chi connectivity index (χ4v) is 2.02. The van der Waals surface area contributed by atoms with Gasteiger partial charge in [0.25, 0.3) is 0 Å². The van der Waals surface area contributed by atoms with Gasteiger partial charge in [0.2, 0.25) is 0 Å². The van der Waals surface area contributed by atoms with Gasteiger partial charge in [-0.15, -0.1) is 0 Å². The van der Waals surface area contributed by atoms with Crippen molar-refractivity contribution in [1.29, 1.82) is 0 Å². The number of hydrogen-bond donors (Lipinski definition) is 3. The van der Waals surface area contributed by atoms with Gasteiger partial charge in [-0.3, -0.25) is 0 Å². The molecule has 0 aliphatic heterocycles. The maximum Gasteiger partial charge on any atom is 0.0897 e. The molecule has 1 unspecified atom stereocenters.